The molecule has 0 amide bonds. The van der Waals surface area contributed by atoms with Gasteiger partial charge in [0, 0.05) is 19.0 Å². The highest BCUT2D eigenvalue weighted by atomic mass is 32.1. The highest BCUT2D eigenvalue weighted by Crippen LogP contribution is 2.34. The van der Waals surface area contributed by atoms with Gasteiger partial charge in [-0.25, -0.2) is 4.98 Å². The highest BCUT2D eigenvalue weighted by molar-refractivity contribution is 7.17. The van der Waals surface area contributed by atoms with Crippen molar-refractivity contribution in [2.75, 3.05) is 31.2 Å². The van der Waals surface area contributed by atoms with Gasteiger partial charge in [-0.3, -0.25) is 0 Å². The van der Waals surface area contributed by atoms with Crippen LogP contribution in [0.25, 0.3) is 0 Å². The number of nitrogens with zero attached hydrogens (tertiary/aromatic N) is 3. The van der Waals surface area contributed by atoms with E-state index < -0.39 is 0 Å². The van der Waals surface area contributed by atoms with E-state index in [1.165, 1.54) is 0 Å². The van der Waals surface area contributed by atoms with E-state index in [1.807, 2.05) is 0 Å². The average molecular weight is 267 g/mol. The van der Waals surface area contributed by atoms with Gasteiger partial charge in [-0.05, 0) is 12.8 Å². The molecule has 1 aliphatic heterocycles. The Morgan fingerprint density at radius 1 is 1.44 bits per heavy atom. The number of thiazole rings is 1. The third kappa shape index (κ3) is 1.99. The van der Waals surface area contributed by atoms with Crippen LogP contribution < -0.4 is 4.90 Å². The largest absolute Gasteiger partial charge is 0.411 e. The van der Waals surface area contributed by atoms with Crippen LogP contribution in [0.1, 0.15) is 23.9 Å². The second-order valence-electron chi connectivity index (χ2n) is 4.80. The van der Waals surface area contributed by atoms with Crippen molar-refractivity contribution < 1.29 is 9.94 Å². The van der Waals surface area contributed by atoms with Crippen molar-refractivity contribution in [1.82, 2.24) is 4.98 Å². The first-order valence-corrected chi connectivity index (χ1v) is 7.16. The maximum absolute atomic E-state index is 9.16. The second kappa shape index (κ2) is 4.85. The molecule has 0 spiro atoms. The van der Waals surface area contributed by atoms with Crippen LogP contribution in [0.15, 0.2) is 5.16 Å². The first kappa shape index (κ1) is 11.9. The molecule has 6 heteroatoms. The van der Waals surface area contributed by atoms with Crippen LogP contribution >= 0.6 is 11.3 Å². The number of morpholine rings is 1. The Hall–Kier alpha value is -1.14. The molecule has 0 radical (unpaired) electrons. The van der Waals surface area contributed by atoms with Crippen LogP contribution in [0.3, 0.4) is 0 Å². The minimum atomic E-state index is 0.320. The van der Waals surface area contributed by atoms with Crippen LogP contribution in [0.4, 0.5) is 5.13 Å². The van der Waals surface area contributed by atoms with Crippen LogP contribution in [0, 0.1) is 5.92 Å². The minimum Gasteiger partial charge on any atom is -0.411 e. The monoisotopic (exact) mass is 267 g/mol. The molecule has 98 valence electrons. The van der Waals surface area contributed by atoms with Crippen molar-refractivity contribution in [2.45, 2.75) is 19.8 Å². The van der Waals surface area contributed by atoms with Crippen LogP contribution in [-0.4, -0.2) is 42.2 Å². The Balaban J connectivity index is 1.91. The zero-order valence-electron chi connectivity index (χ0n) is 10.4. The van der Waals surface area contributed by atoms with Crippen LogP contribution in [0.2, 0.25) is 0 Å². The van der Waals surface area contributed by atoms with E-state index in [1.54, 1.807) is 11.3 Å². The molecule has 1 aromatic rings. The normalized spacial score (nSPS) is 26.4. The van der Waals surface area contributed by atoms with E-state index in [0.717, 1.165) is 60.6 Å². The summed E-state index contributed by atoms with van der Waals surface area (Å²) in [4.78, 5) is 8.03. The summed E-state index contributed by atoms with van der Waals surface area (Å²) >= 11 is 1.65. The first-order chi connectivity index (χ1) is 8.79. The summed E-state index contributed by atoms with van der Waals surface area (Å²) in [6.07, 6.45) is 2.00. The molecular weight excluding hydrogens is 250 g/mol. The molecule has 1 N–H and O–H groups in total. The summed E-state index contributed by atoms with van der Waals surface area (Å²) in [5.74, 6) is 0.320. The molecule has 1 saturated heterocycles. The molecule has 1 unspecified atom stereocenters. The maximum atomic E-state index is 9.16. The molecule has 2 aliphatic rings. The Kier molecular flexibility index (Phi) is 3.22. The number of fused-ring (bicyclic) bond motifs is 1. The predicted molar refractivity (Wildman–Crippen MR) is 71.0 cm³/mol. The molecule has 1 atom stereocenters. The van der Waals surface area contributed by atoms with Gasteiger partial charge in [0.25, 0.3) is 0 Å². The fourth-order valence-corrected chi connectivity index (χ4v) is 3.72. The number of aryl methyl sites for hydroxylation is 1. The number of hydrogen-bond donors (Lipinski definition) is 1. The fraction of sp³-hybridized carbons (Fsp3) is 0.667. The smallest absolute Gasteiger partial charge is 0.186 e. The zero-order valence-corrected chi connectivity index (χ0v) is 11.2. The van der Waals surface area contributed by atoms with Gasteiger partial charge in [-0.15, -0.1) is 0 Å². The number of ether oxygens (including phenoxy) is 1. The van der Waals surface area contributed by atoms with E-state index >= 15 is 0 Å². The number of rotatable bonds is 1. The van der Waals surface area contributed by atoms with E-state index in [9.17, 15) is 0 Å². The van der Waals surface area contributed by atoms with Gasteiger partial charge in [0.15, 0.2) is 5.13 Å². The lowest BCUT2D eigenvalue weighted by Crippen LogP contribution is -2.36. The Bertz CT molecular complexity index is 466. The Morgan fingerprint density at radius 3 is 2.94 bits per heavy atom. The zero-order chi connectivity index (χ0) is 12.5. The lowest BCUT2D eigenvalue weighted by molar-refractivity contribution is 0.122. The summed E-state index contributed by atoms with van der Waals surface area (Å²) in [6, 6.07) is 0. The molecule has 18 heavy (non-hydrogen) atoms. The van der Waals surface area contributed by atoms with Gasteiger partial charge in [-0.2, -0.15) is 0 Å². The fourth-order valence-electron chi connectivity index (χ4n) is 2.46. The first-order valence-electron chi connectivity index (χ1n) is 6.34. The molecule has 0 saturated carbocycles. The molecular formula is C12H17N3O2S. The molecule has 2 heterocycles. The third-order valence-electron chi connectivity index (χ3n) is 3.59. The predicted octanol–water partition coefficient (Wildman–Crippen LogP) is 1.74. The summed E-state index contributed by atoms with van der Waals surface area (Å²) in [6.45, 7) is 5.43. The molecule has 0 bridgehead atoms. The average Bonchev–Trinajstić information content (AvgIpc) is 2.84. The summed E-state index contributed by atoms with van der Waals surface area (Å²) < 4.78 is 5.35. The van der Waals surface area contributed by atoms with Crippen LogP contribution in [-0.2, 0) is 11.2 Å². The maximum Gasteiger partial charge on any atom is 0.186 e. The number of anilines is 1. The Morgan fingerprint density at radius 2 is 2.22 bits per heavy atom. The lowest BCUT2D eigenvalue weighted by atomic mass is 9.91. The number of aromatic nitrogens is 1. The number of hydrogen-bond acceptors (Lipinski definition) is 6. The Labute approximate surface area is 110 Å². The van der Waals surface area contributed by atoms with E-state index in [-0.39, 0.29) is 0 Å². The van der Waals surface area contributed by atoms with Gasteiger partial charge < -0.3 is 14.8 Å². The third-order valence-corrected chi connectivity index (χ3v) is 4.77. The van der Waals surface area contributed by atoms with Gasteiger partial charge in [-0.1, -0.05) is 23.4 Å². The van der Waals surface area contributed by atoms with Gasteiger partial charge >= 0.3 is 0 Å². The molecule has 1 aliphatic carbocycles. The SMILES string of the molecule is CC1CCc2nc(N3CCOCC3)sc2/C1=N/O. The molecule has 1 aromatic heterocycles. The molecule has 1 fully saturated rings. The van der Waals surface area contributed by atoms with E-state index in [0.29, 0.717) is 5.92 Å². The van der Waals surface area contributed by atoms with Crippen molar-refractivity contribution in [3.05, 3.63) is 10.6 Å². The summed E-state index contributed by atoms with van der Waals surface area (Å²) in [5.41, 5.74) is 1.89. The van der Waals surface area contributed by atoms with Crippen molar-refractivity contribution >= 4 is 22.2 Å². The molecule has 0 aromatic carbocycles. The second-order valence-corrected chi connectivity index (χ2v) is 5.77. The van der Waals surface area contributed by atoms with E-state index in [4.69, 9.17) is 14.9 Å². The van der Waals surface area contributed by atoms with Gasteiger partial charge in [0.05, 0.1) is 23.8 Å². The van der Waals surface area contributed by atoms with Crippen molar-refractivity contribution in [3.63, 3.8) is 0 Å². The van der Waals surface area contributed by atoms with Gasteiger partial charge in [0.1, 0.15) is 5.71 Å². The topological polar surface area (TPSA) is 58.0 Å². The standard InChI is InChI=1S/C12H17N3O2S/c1-8-2-3-9-11(10(8)14-16)18-12(13-9)15-4-6-17-7-5-15/h8,16H,2-7H2,1H3/b14-10+. The van der Waals surface area contributed by atoms with E-state index in [2.05, 4.69) is 17.0 Å². The van der Waals surface area contributed by atoms with Crippen molar-refractivity contribution in [3.8, 4) is 0 Å². The highest BCUT2D eigenvalue weighted by Gasteiger charge is 2.28. The lowest BCUT2D eigenvalue weighted by Gasteiger charge is -2.26. The summed E-state index contributed by atoms with van der Waals surface area (Å²) in [7, 11) is 0. The molecule has 5 nitrogen and oxygen atoms in total. The van der Waals surface area contributed by atoms with Crippen molar-refractivity contribution in [1.29, 1.82) is 0 Å². The van der Waals surface area contributed by atoms with Crippen molar-refractivity contribution in [2.24, 2.45) is 11.1 Å². The number of oxime groups is 1. The van der Waals surface area contributed by atoms with Crippen LogP contribution in [0.5, 0.6) is 0 Å². The quantitative estimate of drug-likeness (QED) is 0.622. The van der Waals surface area contributed by atoms with Gasteiger partial charge in [0.2, 0.25) is 0 Å². The minimum absolute atomic E-state index is 0.320. The summed E-state index contributed by atoms with van der Waals surface area (Å²) in [5, 5.41) is 13.7. The molecule has 3 rings (SSSR count).